The fourth-order valence-electron chi connectivity index (χ4n) is 2.78. The molecule has 0 saturated heterocycles. The lowest BCUT2D eigenvalue weighted by molar-refractivity contribution is 0.0971. The SMILES string of the molecule is N#CC(C(=O)c1nc(-c2ccccc2)oc1C1CC1)c1ccccn1. The van der Waals surface area contributed by atoms with Crippen molar-refractivity contribution in [3.63, 3.8) is 0 Å². The number of Topliss-reactive ketones (excluding diaryl/α,β-unsaturated/α-hetero) is 1. The molecule has 5 heteroatoms. The molecular formula is C20H15N3O2. The van der Waals surface area contributed by atoms with Crippen LogP contribution >= 0.6 is 0 Å². The first kappa shape index (κ1) is 15.3. The van der Waals surface area contributed by atoms with Crippen LogP contribution < -0.4 is 0 Å². The number of ketones is 1. The Morgan fingerprint density at radius 3 is 2.56 bits per heavy atom. The van der Waals surface area contributed by atoms with Crippen LogP contribution in [-0.4, -0.2) is 15.8 Å². The fraction of sp³-hybridized carbons (Fsp3) is 0.200. The summed E-state index contributed by atoms with van der Waals surface area (Å²) in [7, 11) is 0. The van der Waals surface area contributed by atoms with Crippen molar-refractivity contribution in [3.8, 4) is 17.5 Å². The first-order chi connectivity index (χ1) is 12.3. The van der Waals surface area contributed by atoms with Crippen molar-refractivity contribution in [2.45, 2.75) is 24.7 Å². The molecule has 2 heterocycles. The Morgan fingerprint density at radius 2 is 1.92 bits per heavy atom. The van der Waals surface area contributed by atoms with Crippen molar-refractivity contribution in [3.05, 3.63) is 71.9 Å². The van der Waals surface area contributed by atoms with Crippen molar-refractivity contribution >= 4 is 5.78 Å². The molecule has 3 aromatic rings. The van der Waals surface area contributed by atoms with E-state index in [-0.39, 0.29) is 17.4 Å². The number of rotatable bonds is 5. The van der Waals surface area contributed by atoms with E-state index in [1.165, 1.54) is 0 Å². The average Bonchev–Trinajstić information content (AvgIpc) is 3.42. The number of aromatic nitrogens is 2. The van der Waals surface area contributed by atoms with Crippen LogP contribution in [-0.2, 0) is 0 Å². The van der Waals surface area contributed by atoms with E-state index in [1.807, 2.05) is 30.3 Å². The molecule has 25 heavy (non-hydrogen) atoms. The highest BCUT2D eigenvalue weighted by atomic mass is 16.4. The molecule has 1 aliphatic carbocycles. The van der Waals surface area contributed by atoms with Crippen LogP contribution in [0.4, 0.5) is 0 Å². The molecule has 1 unspecified atom stereocenters. The van der Waals surface area contributed by atoms with Gasteiger partial charge in [-0.25, -0.2) is 4.98 Å². The van der Waals surface area contributed by atoms with Gasteiger partial charge in [-0.05, 0) is 37.1 Å². The van der Waals surface area contributed by atoms with Gasteiger partial charge in [0.2, 0.25) is 11.7 Å². The zero-order chi connectivity index (χ0) is 17.2. The lowest BCUT2D eigenvalue weighted by Crippen LogP contribution is -2.14. The van der Waals surface area contributed by atoms with Crippen LogP contribution in [0.25, 0.3) is 11.5 Å². The number of benzene rings is 1. The Morgan fingerprint density at radius 1 is 1.16 bits per heavy atom. The highest BCUT2D eigenvalue weighted by molar-refractivity contribution is 6.02. The summed E-state index contributed by atoms with van der Waals surface area (Å²) in [6.07, 6.45) is 3.53. The molecule has 4 rings (SSSR count). The predicted octanol–water partition coefficient (Wildman–Crippen LogP) is 4.10. The van der Waals surface area contributed by atoms with Crippen molar-refractivity contribution in [1.29, 1.82) is 5.26 Å². The third kappa shape index (κ3) is 2.94. The van der Waals surface area contributed by atoms with Gasteiger partial charge in [0.1, 0.15) is 5.76 Å². The molecule has 1 atom stereocenters. The number of carbonyl (C=O) groups is 1. The van der Waals surface area contributed by atoms with Gasteiger partial charge in [-0.3, -0.25) is 9.78 Å². The summed E-state index contributed by atoms with van der Waals surface area (Å²) in [4.78, 5) is 21.6. The first-order valence-corrected chi connectivity index (χ1v) is 8.19. The monoisotopic (exact) mass is 329 g/mol. The van der Waals surface area contributed by atoms with Gasteiger partial charge in [0, 0.05) is 17.7 Å². The Hall–Kier alpha value is -3.26. The molecule has 0 aliphatic heterocycles. The summed E-state index contributed by atoms with van der Waals surface area (Å²) in [6, 6.07) is 16.7. The van der Waals surface area contributed by atoms with E-state index >= 15 is 0 Å². The van der Waals surface area contributed by atoms with Crippen LogP contribution in [0.15, 0.2) is 59.1 Å². The molecule has 0 bridgehead atoms. The van der Waals surface area contributed by atoms with Crippen LogP contribution in [0.1, 0.15) is 46.6 Å². The molecule has 0 amide bonds. The third-order valence-electron chi connectivity index (χ3n) is 4.23. The van der Waals surface area contributed by atoms with Crippen molar-refractivity contribution in [1.82, 2.24) is 9.97 Å². The zero-order valence-electron chi connectivity index (χ0n) is 13.4. The van der Waals surface area contributed by atoms with E-state index in [0.29, 0.717) is 17.3 Å². The zero-order valence-corrected chi connectivity index (χ0v) is 13.4. The minimum Gasteiger partial charge on any atom is -0.440 e. The number of pyridine rings is 1. The standard InChI is InChI=1S/C20H15N3O2/c21-12-15(16-8-4-5-11-22-16)18(24)17-19(13-9-10-13)25-20(23-17)14-6-2-1-3-7-14/h1-8,11,13,15H,9-10H2. The quantitative estimate of drug-likeness (QED) is 0.658. The van der Waals surface area contributed by atoms with Crippen LogP contribution in [0.5, 0.6) is 0 Å². The third-order valence-corrected chi connectivity index (χ3v) is 4.23. The van der Waals surface area contributed by atoms with E-state index < -0.39 is 5.92 Å². The molecule has 122 valence electrons. The van der Waals surface area contributed by atoms with Crippen molar-refractivity contribution in [2.24, 2.45) is 0 Å². The Balaban J connectivity index is 1.75. The Kier molecular flexibility index (Phi) is 3.87. The molecule has 1 saturated carbocycles. The van der Waals surface area contributed by atoms with Gasteiger partial charge in [-0.15, -0.1) is 0 Å². The molecule has 5 nitrogen and oxygen atoms in total. The maximum Gasteiger partial charge on any atom is 0.226 e. The summed E-state index contributed by atoms with van der Waals surface area (Å²) in [6.45, 7) is 0. The van der Waals surface area contributed by atoms with E-state index in [1.54, 1.807) is 24.4 Å². The van der Waals surface area contributed by atoms with Crippen molar-refractivity contribution in [2.75, 3.05) is 0 Å². The summed E-state index contributed by atoms with van der Waals surface area (Å²) in [5.74, 6) is -0.1000. The highest BCUT2D eigenvalue weighted by Gasteiger charge is 2.37. The van der Waals surface area contributed by atoms with Gasteiger partial charge in [0.05, 0.1) is 11.8 Å². The molecular weight excluding hydrogens is 314 g/mol. The number of oxazole rings is 1. The van der Waals surface area contributed by atoms with E-state index in [4.69, 9.17) is 4.42 Å². The summed E-state index contributed by atoms with van der Waals surface area (Å²) in [5, 5.41) is 9.51. The Labute approximate surface area is 145 Å². The second-order valence-corrected chi connectivity index (χ2v) is 6.05. The van der Waals surface area contributed by atoms with Gasteiger partial charge in [-0.1, -0.05) is 24.3 Å². The lowest BCUT2D eigenvalue weighted by Gasteiger charge is -2.06. The largest absolute Gasteiger partial charge is 0.440 e. The smallest absolute Gasteiger partial charge is 0.226 e. The molecule has 1 aromatic carbocycles. The number of nitrogens with zero attached hydrogens (tertiary/aromatic N) is 3. The fourth-order valence-corrected chi connectivity index (χ4v) is 2.78. The van der Waals surface area contributed by atoms with E-state index in [9.17, 15) is 10.1 Å². The predicted molar refractivity (Wildman–Crippen MR) is 90.8 cm³/mol. The van der Waals surface area contributed by atoms with Crippen LogP contribution in [0.2, 0.25) is 0 Å². The number of hydrogen-bond acceptors (Lipinski definition) is 5. The van der Waals surface area contributed by atoms with Gasteiger partial charge >= 0.3 is 0 Å². The van der Waals surface area contributed by atoms with Crippen LogP contribution in [0.3, 0.4) is 0 Å². The molecule has 1 aliphatic rings. The minimum atomic E-state index is -0.979. The van der Waals surface area contributed by atoms with Gasteiger partial charge in [0.15, 0.2) is 11.6 Å². The molecule has 1 fully saturated rings. The second-order valence-electron chi connectivity index (χ2n) is 6.05. The summed E-state index contributed by atoms with van der Waals surface area (Å²) < 4.78 is 5.91. The minimum absolute atomic E-state index is 0.215. The van der Waals surface area contributed by atoms with Gasteiger partial charge in [0.25, 0.3) is 0 Å². The first-order valence-electron chi connectivity index (χ1n) is 8.19. The average molecular weight is 329 g/mol. The van der Waals surface area contributed by atoms with E-state index in [2.05, 4.69) is 16.0 Å². The highest BCUT2D eigenvalue weighted by Crippen LogP contribution is 2.44. The molecule has 0 N–H and O–H groups in total. The number of carbonyl (C=O) groups excluding carboxylic acids is 1. The molecule has 0 radical (unpaired) electrons. The maximum absolute atomic E-state index is 13.0. The number of hydrogen-bond donors (Lipinski definition) is 0. The van der Waals surface area contributed by atoms with Crippen LogP contribution in [0, 0.1) is 11.3 Å². The van der Waals surface area contributed by atoms with Crippen molar-refractivity contribution < 1.29 is 9.21 Å². The summed E-state index contributed by atoms with van der Waals surface area (Å²) >= 11 is 0. The van der Waals surface area contributed by atoms with Gasteiger partial charge in [-0.2, -0.15) is 5.26 Å². The maximum atomic E-state index is 13.0. The summed E-state index contributed by atoms with van der Waals surface area (Å²) in [5.41, 5.74) is 1.51. The topological polar surface area (TPSA) is 79.8 Å². The second kappa shape index (κ2) is 6.33. The van der Waals surface area contributed by atoms with Gasteiger partial charge < -0.3 is 4.42 Å². The molecule has 0 spiro atoms. The van der Waals surface area contributed by atoms with E-state index in [0.717, 1.165) is 18.4 Å². The lowest BCUT2D eigenvalue weighted by atomic mass is 9.97. The molecule has 2 aromatic heterocycles. The Bertz CT molecular complexity index is 938. The number of nitriles is 1. The normalized spacial score (nSPS) is 14.7.